The number of sulfonamides is 1. The van der Waals surface area contributed by atoms with Crippen molar-refractivity contribution < 1.29 is 27.5 Å². The van der Waals surface area contributed by atoms with Crippen LogP contribution in [0.3, 0.4) is 0 Å². The average molecular weight is 398 g/mol. The first kappa shape index (κ1) is 19.8. The number of halogens is 1. The molecule has 3 rings (SSSR count). The number of aliphatic carboxylic acids is 1. The second kappa shape index (κ2) is 7.93. The van der Waals surface area contributed by atoms with Crippen LogP contribution in [0, 0.1) is 17.7 Å². The molecule has 0 unspecified atom stereocenters. The number of carbonyl (C=O) groups is 2. The first-order chi connectivity index (χ1) is 12.8. The first-order valence-electron chi connectivity index (χ1n) is 9.06. The van der Waals surface area contributed by atoms with Gasteiger partial charge in [0.15, 0.2) is 0 Å². The Hall–Kier alpha value is -2.00. The van der Waals surface area contributed by atoms with E-state index in [0.717, 1.165) is 12.1 Å². The Balaban J connectivity index is 1.52. The number of benzene rings is 1. The molecule has 2 fully saturated rings. The summed E-state index contributed by atoms with van der Waals surface area (Å²) >= 11 is 0. The zero-order valence-corrected chi connectivity index (χ0v) is 15.6. The van der Waals surface area contributed by atoms with Crippen LogP contribution in [-0.2, 0) is 19.6 Å². The smallest absolute Gasteiger partial charge is 0.306 e. The van der Waals surface area contributed by atoms with Crippen molar-refractivity contribution in [1.29, 1.82) is 0 Å². The lowest BCUT2D eigenvalue weighted by Gasteiger charge is -2.33. The molecule has 2 N–H and O–H groups in total. The van der Waals surface area contributed by atoms with Crippen molar-refractivity contribution in [1.82, 2.24) is 9.62 Å². The fraction of sp³-hybridized carbons (Fsp3) is 0.556. The molecule has 1 aliphatic heterocycles. The molecule has 1 aliphatic carbocycles. The van der Waals surface area contributed by atoms with Gasteiger partial charge in [0, 0.05) is 25.0 Å². The van der Waals surface area contributed by atoms with Gasteiger partial charge in [-0.1, -0.05) is 0 Å². The minimum Gasteiger partial charge on any atom is -0.481 e. The molecule has 9 heteroatoms. The number of nitrogens with zero attached hydrogens (tertiary/aromatic N) is 1. The standard InChI is InChI=1S/C18H23FN2O5S/c19-14-3-5-16(6-4-14)27(25,26)20-15-7-9-21(10-8-15)17(22)12-1-2-13(11-12)18(23)24/h3-6,12-13,15,20H,1-2,7-11H2,(H,23,24)/t12-,13+/m0/s1. The summed E-state index contributed by atoms with van der Waals surface area (Å²) in [6.45, 7) is 0.868. The van der Waals surface area contributed by atoms with Crippen molar-refractivity contribution in [3.8, 4) is 0 Å². The molecule has 0 radical (unpaired) electrons. The molecular formula is C18H23FN2O5S. The Kier molecular flexibility index (Phi) is 5.81. The van der Waals surface area contributed by atoms with E-state index >= 15 is 0 Å². The molecule has 1 aromatic rings. The van der Waals surface area contributed by atoms with Crippen LogP contribution in [-0.4, -0.2) is 49.4 Å². The van der Waals surface area contributed by atoms with Crippen LogP contribution in [0.5, 0.6) is 0 Å². The Labute approximate surface area is 157 Å². The van der Waals surface area contributed by atoms with Gasteiger partial charge in [-0.2, -0.15) is 0 Å². The van der Waals surface area contributed by atoms with Gasteiger partial charge in [0.05, 0.1) is 10.8 Å². The zero-order chi connectivity index (χ0) is 19.6. The Morgan fingerprint density at radius 1 is 1.04 bits per heavy atom. The second-order valence-corrected chi connectivity index (χ2v) is 8.93. The molecule has 7 nitrogen and oxygen atoms in total. The number of rotatable bonds is 5. The Morgan fingerprint density at radius 3 is 2.19 bits per heavy atom. The molecular weight excluding hydrogens is 375 g/mol. The van der Waals surface area contributed by atoms with Gasteiger partial charge in [-0.25, -0.2) is 17.5 Å². The van der Waals surface area contributed by atoms with E-state index in [-0.39, 0.29) is 22.8 Å². The van der Waals surface area contributed by atoms with Crippen molar-refractivity contribution in [2.24, 2.45) is 11.8 Å². The van der Waals surface area contributed by atoms with Gasteiger partial charge >= 0.3 is 5.97 Å². The van der Waals surface area contributed by atoms with Crippen LogP contribution in [0.4, 0.5) is 4.39 Å². The number of hydrogen-bond acceptors (Lipinski definition) is 4. The Bertz CT molecular complexity index is 804. The van der Waals surface area contributed by atoms with Crippen LogP contribution in [0.15, 0.2) is 29.2 Å². The molecule has 1 saturated carbocycles. The van der Waals surface area contributed by atoms with Gasteiger partial charge < -0.3 is 10.0 Å². The summed E-state index contributed by atoms with van der Waals surface area (Å²) in [4.78, 5) is 25.3. The van der Waals surface area contributed by atoms with Gasteiger partial charge in [0.1, 0.15) is 5.82 Å². The summed E-state index contributed by atoms with van der Waals surface area (Å²) in [5, 5.41) is 9.06. The van der Waals surface area contributed by atoms with Gasteiger partial charge in [0.2, 0.25) is 15.9 Å². The summed E-state index contributed by atoms with van der Waals surface area (Å²) in [5.74, 6) is -2.08. The van der Waals surface area contributed by atoms with Crippen molar-refractivity contribution >= 4 is 21.9 Å². The van der Waals surface area contributed by atoms with Crippen molar-refractivity contribution in [2.75, 3.05) is 13.1 Å². The summed E-state index contributed by atoms with van der Waals surface area (Å²) < 4.78 is 40.3. The highest BCUT2D eigenvalue weighted by Gasteiger charge is 2.37. The summed E-state index contributed by atoms with van der Waals surface area (Å²) in [6, 6.07) is 4.34. The lowest BCUT2D eigenvalue weighted by Crippen LogP contribution is -2.47. The molecule has 2 aliphatic rings. The zero-order valence-electron chi connectivity index (χ0n) is 14.8. The second-order valence-electron chi connectivity index (χ2n) is 7.22. The van der Waals surface area contributed by atoms with Crippen molar-refractivity contribution in [3.05, 3.63) is 30.1 Å². The number of piperidine rings is 1. The van der Waals surface area contributed by atoms with Crippen LogP contribution in [0.2, 0.25) is 0 Å². The largest absolute Gasteiger partial charge is 0.481 e. The first-order valence-corrected chi connectivity index (χ1v) is 10.5. The monoisotopic (exact) mass is 398 g/mol. The van der Waals surface area contributed by atoms with E-state index in [1.165, 1.54) is 12.1 Å². The lowest BCUT2D eigenvalue weighted by molar-refractivity contribution is -0.141. The number of carboxylic acids is 1. The topological polar surface area (TPSA) is 104 Å². The van der Waals surface area contributed by atoms with E-state index in [1.807, 2.05) is 0 Å². The van der Waals surface area contributed by atoms with E-state index < -0.39 is 27.7 Å². The molecule has 0 aromatic heterocycles. The van der Waals surface area contributed by atoms with E-state index in [0.29, 0.717) is 45.2 Å². The van der Waals surface area contributed by atoms with Gasteiger partial charge in [-0.3, -0.25) is 9.59 Å². The van der Waals surface area contributed by atoms with E-state index in [1.54, 1.807) is 4.90 Å². The third-order valence-corrected chi connectivity index (χ3v) is 6.92. The Morgan fingerprint density at radius 2 is 1.63 bits per heavy atom. The van der Waals surface area contributed by atoms with Crippen molar-refractivity contribution in [2.45, 2.75) is 43.0 Å². The predicted molar refractivity (Wildman–Crippen MR) is 94.8 cm³/mol. The maximum atomic E-state index is 13.0. The molecule has 2 atom stereocenters. The molecule has 1 saturated heterocycles. The van der Waals surface area contributed by atoms with E-state index in [4.69, 9.17) is 5.11 Å². The summed E-state index contributed by atoms with van der Waals surface area (Å²) in [7, 11) is -3.73. The fourth-order valence-corrected chi connectivity index (χ4v) is 5.11. The number of carbonyl (C=O) groups excluding carboxylic acids is 1. The minimum atomic E-state index is -3.73. The number of likely N-dealkylation sites (tertiary alicyclic amines) is 1. The van der Waals surface area contributed by atoms with Gasteiger partial charge in [-0.05, 0) is 56.4 Å². The highest BCUT2D eigenvalue weighted by molar-refractivity contribution is 7.89. The van der Waals surface area contributed by atoms with Crippen LogP contribution in [0.1, 0.15) is 32.1 Å². The molecule has 27 heavy (non-hydrogen) atoms. The maximum absolute atomic E-state index is 13.0. The predicted octanol–water partition coefficient (Wildman–Crippen LogP) is 1.60. The maximum Gasteiger partial charge on any atom is 0.306 e. The molecule has 1 aromatic carbocycles. The average Bonchev–Trinajstić information content (AvgIpc) is 3.12. The quantitative estimate of drug-likeness (QED) is 0.784. The molecule has 1 heterocycles. The fourth-order valence-electron chi connectivity index (χ4n) is 3.81. The molecule has 0 spiro atoms. The highest BCUT2D eigenvalue weighted by atomic mass is 32.2. The number of nitrogens with one attached hydrogen (secondary N) is 1. The molecule has 148 valence electrons. The lowest BCUT2D eigenvalue weighted by atomic mass is 10.0. The van der Waals surface area contributed by atoms with Gasteiger partial charge in [0.25, 0.3) is 0 Å². The number of amides is 1. The van der Waals surface area contributed by atoms with Crippen LogP contribution >= 0.6 is 0 Å². The minimum absolute atomic E-state index is 0.00748. The third-order valence-electron chi connectivity index (χ3n) is 5.38. The van der Waals surface area contributed by atoms with Crippen LogP contribution < -0.4 is 4.72 Å². The van der Waals surface area contributed by atoms with Crippen LogP contribution in [0.25, 0.3) is 0 Å². The third kappa shape index (κ3) is 4.65. The summed E-state index contributed by atoms with van der Waals surface area (Å²) in [5.41, 5.74) is 0. The summed E-state index contributed by atoms with van der Waals surface area (Å²) in [6.07, 6.45) is 2.47. The SMILES string of the molecule is O=C(O)[C@@H]1CC[C@H](C(=O)N2CCC(NS(=O)(=O)c3ccc(F)cc3)CC2)C1. The number of hydrogen-bond donors (Lipinski definition) is 2. The van der Waals surface area contributed by atoms with Gasteiger partial charge in [-0.15, -0.1) is 0 Å². The van der Waals surface area contributed by atoms with Crippen molar-refractivity contribution in [3.63, 3.8) is 0 Å². The number of carboxylic acid groups (broad SMARTS) is 1. The molecule has 1 amide bonds. The van der Waals surface area contributed by atoms with E-state index in [9.17, 15) is 22.4 Å². The normalized spacial score (nSPS) is 24.1. The van der Waals surface area contributed by atoms with E-state index in [2.05, 4.69) is 4.72 Å². The molecule has 0 bridgehead atoms. The highest BCUT2D eigenvalue weighted by Crippen LogP contribution is 2.33.